The Morgan fingerprint density at radius 1 is 0.875 bits per heavy atom. The van der Waals surface area contributed by atoms with Crippen LogP contribution in [0.2, 0.25) is 0 Å². The van der Waals surface area contributed by atoms with E-state index >= 15 is 0 Å². The molecule has 0 saturated heterocycles. The Morgan fingerprint density at radius 3 is 1.29 bits per heavy atom. The van der Waals surface area contributed by atoms with Gasteiger partial charge in [0.25, 0.3) is 0 Å². The van der Waals surface area contributed by atoms with Crippen molar-refractivity contribution in [2.24, 2.45) is 0 Å². The molecule has 0 amide bonds. The number of hydrogen-bond donors (Lipinski definition) is 1. The molecule has 0 fully saturated rings. The van der Waals surface area contributed by atoms with E-state index in [1.807, 2.05) is 6.92 Å². The molecule has 0 aliphatic rings. The first-order valence-electron chi connectivity index (χ1n) is 6.76. The van der Waals surface area contributed by atoms with Crippen molar-refractivity contribution in [3.63, 3.8) is 0 Å². The molecule has 9 nitrogen and oxygen atoms in total. The van der Waals surface area contributed by atoms with Gasteiger partial charge in [0.05, 0.1) is 14.2 Å². The van der Waals surface area contributed by atoms with Gasteiger partial charge in [-0.25, -0.2) is 9.59 Å². The second-order valence-electron chi connectivity index (χ2n) is 4.29. The van der Waals surface area contributed by atoms with Gasteiger partial charge in [0.2, 0.25) is 5.78 Å². The zero-order chi connectivity index (χ0) is 20.3. The van der Waals surface area contributed by atoms with E-state index in [9.17, 15) is 14.4 Å². The number of hydrogen-bond acceptors (Lipinski definition) is 9. The normalized spacial score (nSPS) is 9.17. The van der Waals surface area contributed by atoms with E-state index in [1.165, 1.54) is 21.3 Å². The predicted octanol–water partition coefficient (Wildman–Crippen LogP) is 0.567. The number of aliphatic hydroxyl groups excluding tert-OH is 1. The summed E-state index contributed by atoms with van der Waals surface area (Å²) >= 11 is 0. The van der Waals surface area contributed by atoms with E-state index in [0.717, 1.165) is 14.0 Å². The van der Waals surface area contributed by atoms with Crippen molar-refractivity contribution in [3.8, 4) is 0 Å². The lowest BCUT2D eigenvalue weighted by atomic mass is 10.1. The molecular weight excluding hydrogens is 324 g/mol. The molecule has 0 aromatic heterocycles. The van der Waals surface area contributed by atoms with Crippen LogP contribution in [-0.2, 0) is 38.1 Å². The fourth-order valence-electron chi connectivity index (χ4n) is 0.569. The number of ketones is 1. The van der Waals surface area contributed by atoms with E-state index < -0.39 is 17.4 Å². The molecule has 0 atom stereocenters. The minimum Gasteiger partial charge on any atom is -0.467 e. The smallest absolute Gasteiger partial charge is 0.374 e. The average Bonchev–Trinajstić information content (AvgIpc) is 2.61. The summed E-state index contributed by atoms with van der Waals surface area (Å²) in [6.07, 6.45) is -0.0648. The molecule has 0 spiro atoms. The van der Waals surface area contributed by atoms with Crippen molar-refractivity contribution in [1.82, 2.24) is 0 Å². The molecule has 0 rings (SSSR count). The van der Waals surface area contributed by atoms with Crippen LogP contribution in [0.5, 0.6) is 0 Å². The van der Waals surface area contributed by atoms with Crippen molar-refractivity contribution in [2.75, 3.05) is 42.7 Å². The molecule has 0 heterocycles. The Balaban J connectivity index is -0.000000121. The standard InChI is InChI=1S/C6H12O3.C4H6O3.C4H10O2.CH4O/c1-6(2,9-4)5(7)8-3;1-3(5)4(6)7-2;1-4(5-2)6-3;1-2/h1-4H3;1-2H3;4H,1-3H3;2H,1H3. The minimum absolute atomic E-state index is 0.0648. The van der Waals surface area contributed by atoms with E-state index in [2.05, 4.69) is 18.9 Å². The summed E-state index contributed by atoms with van der Waals surface area (Å²) in [4.78, 5) is 30.6. The highest BCUT2D eigenvalue weighted by Crippen LogP contribution is 2.08. The Morgan fingerprint density at radius 2 is 1.25 bits per heavy atom. The molecule has 0 aromatic rings. The second-order valence-corrected chi connectivity index (χ2v) is 4.29. The molecule has 24 heavy (non-hydrogen) atoms. The van der Waals surface area contributed by atoms with Gasteiger partial charge in [-0.05, 0) is 20.8 Å². The summed E-state index contributed by atoms with van der Waals surface area (Å²) in [5.74, 6) is -1.72. The number of carbonyl (C=O) groups is 3. The van der Waals surface area contributed by atoms with Gasteiger partial charge in [-0.3, -0.25) is 4.79 Å². The number of esters is 2. The van der Waals surface area contributed by atoms with Gasteiger partial charge in [0, 0.05) is 35.4 Å². The number of ether oxygens (including phenoxy) is 5. The van der Waals surface area contributed by atoms with Crippen molar-refractivity contribution in [1.29, 1.82) is 0 Å². The Hall–Kier alpha value is -1.55. The van der Waals surface area contributed by atoms with E-state index in [1.54, 1.807) is 28.1 Å². The predicted molar refractivity (Wildman–Crippen MR) is 87.4 cm³/mol. The van der Waals surface area contributed by atoms with Crippen LogP contribution in [0, 0.1) is 0 Å². The molecule has 1 N–H and O–H groups in total. The van der Waals surface area contributed by atoms with E-state index in [0.29, 0.717) is 0 Å². The van der Waals surface area contributed by atoms with Crippen LogP contribution in [0.25, 0.3) is 0 Å². The monoisotopic (exact) mass is 356 g/mol. The number of rotatable bonds is 5. The van der Waals surface area contributed by atoms with Crippen LogP contribution < -0.4 is 0 Å². The molecule has 146 valence electrons. The first-order valence-corrected chi connectivity index (χ1v) is 6.76. The highest BCUT2D eigenvalue weighted by Gasteiger charge is 2.27. The SMILES string of the molecule is CO.COC(=O)C(C)(C)OC.COC(=O)C(C)=O.COC(C)OC. The summed E-state index contributed by atoms with van der Waals surface area (Å²) < 4.78 is 22.6. The lowest BCUT2D eigenvalue weighted by molar-refractivity contribution is -0.161. The number of aliphatic hydroxyl groups is 1. The third kappa shape index (κ3) is 20.5. The topological polar surface area (TPSA) is 118 Å². The van der Waals surface area contributed by atoms with Crippen molar-refractivity contribution in [2.45, 2.75) is 39.6 Å². The number of carbonyl (C=O) groups excluding carboxylic acids is 3. The molecule has 0 bridgehead atoms. The maximum Gasteiger partial charge on any atom is 0.374 e. The first kappa shape index (κ1) is 30.3. The third-order valence-corrected chi connectivity index (χ3v) is 2.32. The largest absolute Gasteiger partial charge is 0.467 e. The highest BCUT2D eigenvalue weighted by molar-refractivity contribution is 6.32. The third-order valence-electron chi connectivity index (χ3n) is 2.32. The molecule has 0 aliphatic carbocycles. The van der Waals surface area contributed by atoms with Crippen molar-refractivity contribution >= 4 is 17.7 Å². The van der Waals surface area contributed by atoms with E-state index in [4.69, 9.17) is 9.84 Å². The van der Waals surface area contributed by atoms with Gasteiger partial charge in [0.1, 0.15) is 0 Å². The van der Waals surface area contributed by atoms with Crippen LogP contribution in [0.4, 0.5) is 0 Å². The second kappa shape index (κ2) is 19.5. The van der Waals surface area contributed by atoms with Crippen molar-refractivity contribution in [3.05, 3.63) is 0 Å². The quantitative estimate of drug-likeness (QED) is 0.428. The fourth-order valence-corrected chi connectivity index (χ4v) is 0.569. The summed E-state index contributed by atoms with van der Waals surface area (Å²) in [5, 5.41) is 7.00. The van der Waals surface area contributed by atoms with Gasteiger partial charge in [-0.15, -0.1) is 0 Å². The number of Topliss-reactive ketones (excluding diaryl/α,β-unsaturated/α-hetero) is 1. The van der Waals surface area contributed by atoms with Gasteiger partial charge in [0.15, 0.2) is 11.9 Å². The Bertz CT molecular complexity index is 323. The summed E-state index contributed by atoms with van der Waals surface area (Å²) in [5.41, 5.74) is -0.811. The van der Waals surface area contributed by atoms with Gasteiger partial charge < -0.3 is 28.8 Å². The number of methoxy groups -OCH3 is 5. The van der Waals surface area contributed by atoms with Crippen LogP contribution in [0.1, 0.15) is 27.7 Å². The van der Waals surface area contributed by atoms with Gasteiger partial charge >= 0.3 is 11.9 Å². The molecular formula is C15H32O9. The maximum atomic E-state index is 10.7. The summed E-state index contributed by atoms with van der Waals surface area (Å²) in [6.45, 7) is 6.30. The van der Waals surface area contributed by atoms with Gasteiger partial charge in [-0.2, -0.15) is 0 Å². The minimum atomic E-state index is -0.811. The average molecular weight is 356 g/mol. The zero-order valence-corrected chi connectivity index (χ0v) is 16.3. The summed E-state index contributed by atoms with van der Waals surface area (Å²) in [7, 11) is 8.19. The molecule has 0 aliphatic heterocycles. The molecule has 9 heteroatoms. The zero-order valence-electron chi connectivity index (χ0n) is 16.3. The molecule has 0 saturated carbocycles. The highest BCUT2D eigenvalue weighted by atomic mass is 16.7. The lowest BCUT2D eigenvalue weighted by Gasteiger charge is -2.18. The molecule has 0 unspecified atom stereocenters. The fraction of sp³-hybridized carbons (Fsp3) is 0.800. The first-order chi connectivity index (χ1) is 11.0. The summed E-state index contributed by atoms with van der Waals surface area (Å²) in [6, 6.07) is 0. The van der Waals surface area contributed by atoms with Crippen LogP contribution in [0.3, 0.4) is 0 Å². The molecule has 0 aromatic carbocycles. The van der Waals surface area contributed by atoms with E-state index in [-0.39, 0.29) is 12.3 Å². The van der Waals surface area contributed by atoms with Crippen LogP contribution in [0.15, 0.2) is 0 Å². The van der Waals surface area contributed by atoms with Crippen LogP contribution in [-0.4, -0.2) is 77.4 Å². The Kier molecular flexibility index (Phi) is 24.7. The maximum absolute atomic E-state index is 10.7. The van der Waals surface area contributed by atoms with Gasteiger partial charge in [-0.1, -0.05) is 0 Å². The molecule has 0 radical (unpaired) electrons. The Labute approximate surface area is 144 Å². The lowest BCUT2D eigenvalue weighted by Crippen LogP contribution is -2.34. The van der Waals surface area contributed by atoms with Crippen LogP contribution >= 0.6 is 0 Å². The van der Waals surface area contributed by atoms with Crippen molar-refractivity contribution < 1.29 is 43.2 Å².